The SMILES string of the molecule is CCCc1c(C=O)c(C)c(C(C)=O)n1O. The van der Waals surface area contributed by atoms with Gasteiger partial charge in [-0.15, -0.1) is 0 Å². The highest BCUT2D eigenvalue weighted by molar-refractivity contribution is 5.97. The van der Waals surface area contributed by atoms with E-state index >= 15 is 0 Å². The maximum absolute atomic E-state index is 11.3. The van der Waals surface area contributed by atoms with Crippen molar-refractivity contribution < 1.29 is 14.8 Å². The number of rotatable bonds is 4. The number of ketones is 1. The van der Waals surface area contributed by atoms with Gasteiger partial charge < -0.3 is 5.21 Å². The number of carbonyl (C=O) groups is 2. The Morgan fingerprint density at radius 1 is 1.53 bits per heavy atom. The summed E-state index contributed by atoms with van der Waals surface area (Å²) in [6.07, 6.45) is 2.08. The van der Waals surface area contributed by atoms with Crippen LogP contribution in [-0.2, 0) is 6.42 Å². The first kappa shape index (κ1) is 11.5. The quantitative estimate of drug-likeness (QED) is 0.468. The molecule has 0 aliphatic heterocycles. The molecule has 0 bridgehead atoms. The number of hydrogen-bond donors (Lipinski definition) is 1. The Morgan fingerprint density at radius 2 is 2.13 bits per heavy atom. The van der Waals surface area contributed by atoms with Gasteiger partial charge in [-0.1, -0.05) is 13.3 Å². The van der Waals surface area contributed by atoms with Crippen LogP contribution in [0.25, 0.3) is 0 Å². The molecule has 1 N–H and O–H groups in total. The van der Waals surface area contributed by atoms with Crippen LogP contribution < -0.4 is 0 Å². The summed E-state index contributed by atoms with van der Waals surface area (Å²) in [4.78, 5) is 22.2. The minimum absolute atomic E-state index is 0.209. The van der Waals surface area contributed by atoms with E-state index in [2.05, 4.69) is 0 Å². The number of Topliss-reactive ketones (excluding diaryl/α,β-unsaturated/α-hetero) is 1. The molecule has 0 unspecified atom stereocenters. The first-order chi connectivity index (χ1) is 7.04. The fourth-order valence-electron chi connectivity index (χ4n) is 1.80. The second-order valence-corrected chi connectivity index (χ2v) is 3.57. The molecule has 0 aromatic carbocycles. The standard InChI is InChI=1S/C11H15NO3/c1-4-5-10-9(6-13)7(2)11(8(3)14)12(10)15/h6,15H,4-5H2,1-3H3. The smallest absolute Gasteiger partial charge is 0.179 e. The first-order valence-electron chi connectivity index (χ1n) is 4.94. The molecular formula is C11H15NO3. The minimum atomic E-state index is -0.236. The summed E-state index contributed by atoms with van der Waals surface area (Å²) < 4.78 is 0.852. The average molecular weight is 209 g/mol. The molecule has 1 heterocycles. The average Bonchev–Trinajstić information content (AvgIpc) is 2.39. The Morgan fingerprint density at radius 3 is 2.53 bits per heavy atom. The Hall–Kier alpha value is -1.58. The van der Waals surface area contributed by atoms with Gasteiger partial charge in [-0.05, 0) is 18.9 Å². The lowest BCUT2D eigenvalue weighted by Gasteiger charge is -2.02. The zero-order chi connectivity index (χ0) is 11.6. The zero-order valence-electron chi connectivity index (χ0n) is 9.20. The number of aromatic nitrogens is 1. The fourth-order valence-corrected chi connectivity index (χ4v) is 1.80. The van der Waals surface area contributed by atoms with E-state index in [1.807, 2.05) is 6.92 Å². The third-order valence-corrected chi connectivity index (χ3v) is 2.48. The molecule has 0 aliphatic carbocycles. The highest BCUT2D eigenvalue weighted by Crippen LogP contribution is 2.21. The number of aldehydes is 1. The van der Waals surface area contributed by atoms with Crippen molar-refractivity contribution in [3.8, 4) is 0 Å². The van der Waals surface area contributed by atoms with E-state index in [4.69, 9.17) is 0 Å². The van der Waals surface area contributed by atoms with Gasteiger partial charge in [0.25, 0.3) is 0 Å². The van der Waals surface area contributed by atoms with Crippen LogP contribution in [0.2, 0.25) is 0 Å². The van der Waals surface area contributed by atoms with Crippen LogP contribution in [-0.4, -0.2) is 22.0 Å². The van der Waals surface area contributed by atoms with Gasteiger partial charge in [-0.25, -0.2) is 0 Å². The highest BCUT2D eigenvalue weighted by atomic mass is 16.5. The summed E-state index contributed by atoms with van der Waals surface area (Å²) in [7, 11) is 0. The molecule has 0 atom stereocenters. The molecule has 1 aromatic rings. The summed E-state index contributed by atoms with van der Waals surface area (Å²) in [5.41, 5.74) is 1.73. The van der Waals surface area contributed by atoms with Crippen LogP contribution in [0, 0.1) is 6.92 Å². The normalized spacial score (nSPS) is 10.3. The van der Waals surface area contributed by atoms with E-state index in [0.29, 0.717) is 29.5 Å². The van der Waals surface area contributed by atoms with E-state index in [0.717, 1.165) is 11.2 Å². The topological polar surface area (TPSA) is 59.3 Å². The van der Waals surface area contributed by atoms with Gasteiger partial charge in [-0.3, -0.25) is 9.59 Å². The Balaban J connectivity index is 3.44. The molecular weight excluding hydrogens is 194 g/mol. The molecule has 1 aromatic heterocycles. The largest absolute Gasteiger partial charge is 0.428 e. The van der Waals surface area contributed by atoms with Gasteiger partial charge in [0.1, 0.15) is 5.69 Å². The van der Waals surface area contributed by atoms with Crippen LogP contribution >= 0.6 is 0 Å². The third kappa shape index (κ3) is 1.79. The predicted molar refractivity (Wildman–Crippen MR) is 55.7 cm³/mol. The number of nitrogens with zero attached hydrogens (tertiary/aromatic N) is 1. The van der Waals surface area contributed by atoms with E-state index in [-0.39, 0.29) is 11.5 Å². The molecule has 82 valence electrons. The minimum Gasteiger partial charge on any atom is -0.428 e. The van der Waals surface area contributed by atoms with Crippen molar-refractivity contribution >= 4 is 12.1 Å². The van der Waals surface area contributed by atoms with Crippen molar-refractivity contribution in [1.82, 2.24) is 4.73 Å². The molecule has 0 spiro atoms. The van der Waals surface area contributed by atoms with Crippen molar-refractivity contribution in [2.24, 2.45) is 0 Å². The molecule has 0 amide bonds. The molecule has 0 saturated carbocycles. The lowest BCUT2D eigenvalue weighted by atomic mass is 10.1. The number of hydrogen-bond acceptors (Lipinski definition) is 3. The van der Waals surface area contributed by atoms with Crippen molar-refractivity contribution in [1.29, 1.82) is 0 Å². The summed E-state index contributed by atoms with van der Waals surface area (Å²) in [6.45, 7) is 5.00. The Bertz CT molecular complexity index is 404. The van der Waals surface area contributed by atoms with Crippen molar-refractivity contribution in [3.63, 3.8) is 0 Å². The lowest BCUT2D eigenvalue weighted by Crippen LogP contribution is -2.07. The van der Waals surface area contributed by atoms with Gasteiger partial charge in [-0.2, -0.15) is 4.73 Å². The van der Waals surface area contributed by atoms with Crippen LogP contribution in [0.3, 0.4) is 0 Å². The molecule has 0 radical (unpaired) electrons. The van der Waals surface area contributed by atoms with Crippen LogP contribution in [0.15, 0.2) is 0 Å². The molecule has 0 fully saturated rings. The van der Waals surface area contributed by atoms with Crippen LogP contribution in [0.1, 0.15) is 52.4 Å². The maximum atomic E-state index is 11.3. The summed E-state index contributed by atoms with van der Waals surface area (Å²) >= 11 is 0. The van der Waals surface area contributed by atoms with E-state index in [9.17, 15) is 14.8 Å². The van der Waals surface area contributed by atoms with E-state index in [1.54, 1.807) is 6.92 Å². The maximum Gasteiger partial charge on any atom is 0.179 e. The Labute approximate surface area is 88.5 Å². The second-order valence-electron chi connectivity index (χ2n) is 3.57. The molecule has 4 heteroatoms. The molecule has 1 rings (SSSR count). The molecule has 15 heavy (non-hydrogen) atoms. The van der Waals surface area contributed by atoms with E-state index in [1.165, 1.54) is 6.92 Å². The predicted octanol–water partition coefficient (Wildman–Crippen LogP) is 2.00. The number of carbonyl (C=O) groups excluding carboxylic acids is 2. The summed E-state index contributed by atoms with van der Waals surface area (Å²) in [5.74, 6) is -0.236. The summed E-state index contributed by atoms with van der Waals surface area (Å²) in [6, 6.07) is 0. The summed E-state index contributed by atoms with van der Waals surface area (Å²) in [5, 5.41) is 9.76. The van der Waals surface area contributed by atoms with Crippen molar-refractivity contribution in [3.05, 3.63) is 22.5 Å². The van der Waals surface area contributed by atoms with Gasteiger partial charge in [0.05, 0.1) is 5.69 Å². The van der Waals surface area contributed by atoms with Crippen molar-refractivity contribution in [2.45, 2.75) is 33.6 Å². The molecule has 4 nitrogen and oxygen atoms in total. The molecule has 0 aliphatic rings. The zero-order valence-corrected chi connectivity index (χ0v) is 9.20. The molecule has 0 saturated heterocycles. The van der Waals surface area contributed by atoms with Gasteiger partial charge in [0.15, 0.2) is 12.1 Å². The Kier molecular flexibility index (Phi) is 3.29. The van der Waals surface area contributed by atoms with Crippen LogP contribution in [0.4, 0.5) is 0 Å². The highest BCUT2D eigenvalue weighted by Gasteiger charge is 2.21. The monoisotopic (exact) mass is 209 g/mol. The lowest BCUT2D eigenvalue weighted by molar-refractivity contribution is 0.0955. The third-order valence-electron chi connectivity index (χ3n) is 2.48. The van der Waals surface area contributed by atoms with E-state index < -0.39 is 0 Å². The van der Waals surface area contributed by atoms with Gasteiger partial charge >= 0.3 is 0 Å². The van der Waals surface area contributed by atoms with Gasteiger partial charge in [0, 0.05) is 12.5 Å². The van der Waals surface area contributed by atoms with Crippen molar-refractivity contribution in [2.75, 3.05) is 0 Å². The van der Waals surface area contributed by atoms with Crippen LogP contribution in [0.5, 0.6) is 0 Å². The van der Waals surface area contributed by atoms with Gasteiger partial charge in [0.2, 0.25) is 0 Å². The second kappa shape index (κ2) is 4.29. The first-order valence-corrected chi connectivity index (χ1v) is 4.94. The fraction of sp³-hybridized carbons (Fsp3) is 0.455.